The first-order valence-corrected chi connectivity index (χ1v) is 3.77. The van der Waals surface area contributed by atoms with Crippen LogP contribution in [0.15, 0.2) is 0 Å². The Morgan fingerprint density at radius 1 is 1.36 bits per heavy atom. The van der Waals surface area contributed by atoms with Gasteiger partial charge in [0.1, 0.15) is 0 Å². The largest absolute Gasteiger partial charge is 0.393 e. The third kappa shape index (κ3) is 1.79. The highest BCUT2D eigenvalue weighted by Crippen LogP contribution is 2.27. The number of cyclic esters (lactones) is 2. The van der Waals surface area contributed by atoms with Crippen LogP contribution in [0.4, 0.5) is 0 Å². The van der Waals surface area contributed by atoms with Crippen molar-refractivity contribution in [3.8, 4) is 0 Å². The summed E-state index contributed by atoms with van der Waals surface area (Å²) in [5.41, 5.74) is -0.480. The minimum atomic E-state index is -0.480. The van der Waals surface area contributed by atoms with Gasteiger partial charge in [-0.2, -0.15) is 0 Å². The van der Waals surface area contributed by atoms with Crippen molar-refractivity contribution in [2.45, 2.75) is 33.1 Å². The van der Waals surface area contributed by atoms with Gasteiger partial charge in [-0.1, -0.05) is 0 Å². The van der Waals surface area contributed by atoms with E-state index in [0.29, 0.717) is 6.42 Å². The minimum absolute atomic E-state index is 0.370. The van der Waals surface area contributed by atoms with Crippen molar-refractivity contribution in [3.63, 3.8) is 0 Å². The Morgan fingerprint density at radius 2 is 2.00 bits per heavy atom. The average molecular weight is 156 g/mol. The summed E-state index contributed by atoms with van der Waals surface area (Å²) in [6, 6.07) is 0. The fourth-order valence-corrected chi connectivity index (χ4v) is 1.07. The van der Waals surface area contributed by atoms with Crippen molar-refractivity contribution < 1.29 is 14.3 Å². The van der Waals surface area contributed by atoms with Crippen molar-refractivity contribution >= 4 is 11.9 Å². The molecule has 0 atom stereocenters. The molecule has 0 aromatic rings. The van der Waals surface area contributed by atoms with E-state index >= 15 is 0 Å². The third-order valence-electron chi connectivity index (χ3n) is 1.94. The quantitative estimate of drug-likeness (QED) is 0.392. The highest BCUT2D eigenvalue weighted by molar-refractivity contribution is 5.89. The highest BCUT2D eigenvalue weighted by atomic mass is 16.6. The van der Waals surface area contributed by atoms with Crippen LogP contribution < -0.4 is 0 Å². The maximum Gasteiger partial charge on any atom is 0.319 e. The number of carbonyl (C=O) groups excluding carboxylic acids is 2. The van der Waals surface area contributed by atoms with Gasteiger partial charge in [-0.05, 0) is 26.7 Å². The van der Waals surface area contributed by atoms with Gasteiger partial charge < -0.3 is 4.74 Å². The average Bonchev–Trinajstić information content (AvgIpc) is 1.94. The first kappa shape index (κ1) is 8.24. The summed E-state index contributed by atoms with van der Waals surface area (Å²) in [5.74, 6) is -0.777. The Bertz CT molecular complexity index is 194. The molecule has 0 saturated carbocycles. The predicted octanol–water partition coefficient (Wildman–Crippen LogP) is 1.27. The van der Waals surface area contributed by atoms with Crippen molar-refractivity contribution in [2.75, 3.05) is 0 Å². The molecule has 0 spiro atoms. The fourth-order valence-electron chi connectivity index (χ4n) is 1.07. The van der Waals surface area contributed by atoms with Gasteiger partial charge in [0.25, 0.3) is 0 Å². The van der Waals surface area contributed by atoms with Gasteiger partial charge in [-0.25, -0.2) is 0 Å². The number of esters is 2. The molecule has 0 aromatic carbocycles. The normalized spacial score (nSPS) is 24.2. The number of hydrogen-bond donors (Lipinski definition) is 0. The Hall–Kier alpha value is -0.860. The van der Waals surface area contributed by atoms with E-state index < -0.39 is 5.41 Å². The zero-order valence-electron chi connectivity index (χ0n) is 6.85. The molecule has 1 fully saturated rings. The maximum absolute atomic E-state index is 11.1. The molecule has 11 heavy (non-hydrogen) atoms. The molecule has 1 rings (SSSR count). The first-order valence-electron chi connectivity index (χ1n) is 3.77. The monoisotopic (exact) mass is 156 g/mol. The zero-order chi connectivity index (χ0) is 8.48. The molecule has 1 saturated heterocycles. The summed E-state index contributed by atoms with van der Waals surface area (Å²) in [6.45, 7) is 3.60. The lowest BCUT2D eigenvalue weighted by Crippen LogP contribution is -2.25. The molecule has 1 aliphatic rings. The molecule has 1 aliphatic heterocycles. The van der Waals surface area contributed by atoms with E-state index in [2.05, 4.69) is 4.74 Å². The van der Waals surface area contributed by atoms with E-state index in [1.54, 1.807) is 13.8 Å². The van der Waals surface area contributed by atoms with Gasteiger partial charge in [0.15, 0.2) is 0 Å². The second-order valence-electron chi connectivity index (χ2n) is 3.50. The molecule has 0 unspecified atom stereocenters. The number of carbonyl (C=O) groups is 2. The third-order valence-corrected chi connectivity index (χ3v) is 1.94. The van der Waals surface area contributed by atoms with E-state index in [4.69, 9.17) is 0 Å². The molecule has 0 aliphatic carbocycles. The van der Waals surface area contributed by atoms with Crippen LogP contribution in [0.25, 0.3) is 0 Å². The van der Waals surface area contributed by atoms with Gasteiger partial charge in [0, 0.05) is 6.42 Å². The van der Waals surface area contributed by atoms with E-state index in [9.17, 15) is 9.59 Å². The molecule has 0 N–H and O–H groups in total. The van der Waals surface area contributed by atoms with Crippen molar-refractivity contribution in [2.24, 2.45) is 5.41 Å². The van der Waals surface area contributed by atoms with E-state index in [1.807, 2.05) is 0 Å². The number of ether oxygens (including phenoxy) is 1. The van der Waals surface area contributed by atoms with Crippen molar-refractivity contribution in [3.05, 3.63) is 0 Å². The predicted molar refractivity (Wildman–Crippen MR) is 38.7 cm³/mol. The SMILES string of the molecule is CC1(C)CCCC(=O)OC1=O. The Labute approximate surface area is 65.7 Å². The van der Waals surface area contributed by atoms with Gasteiger partial charge in [-0.15, -0.1) is 0 Å². The van der Waals surface area contributed by atoms with Gasteiger partial charge >= 0.3 is 11.9 Å². The highest BCUT2D eigenvalue weighted by Gasteiger charge is 2.33. The molecule has 3 heteroatoms. The second-order valence-corrected chi connectivity index (χ2v) is 3.50. The second kappa shape index (κ2) is 2.64. The van der Waals surface area contributed by atoms with Crippen molar-refractivity contribution in [1.82, 2.24) is 0 Å². The molecule has 1 heterocycles. The van der Waals surface area contributed by atoms with Crippen LogP contribution in [0.1, 0.15) is 33.1 Å². The number of rotatable bonds is 0. The Morgan fingerprint density at radius 3 is 2.64 bits per heavy atom. The lowest BCUT2D eigenvalue weighted by molar-refractivity contribution is -0.164. The molecular formula is C8H12O3. The molecule has 0 amide bonds. The molecule has 0 bridgehead atoms. The summed E-state index contributed by atoms with van der Waals surface area (Å²) in [4.78, 5) is 21.8. The van der Waals surface area contributed by atoms with Gasteiger partial charge in [-0.3, -0.25) is 9.59 Å². The molecular weight excluding hydrogens is 144 g/mol. The van der Waals surface area contributed by atoms with Crippen molar-refractivity contribution in [1.29, 1.82) is 0 Å². The smallest absolute Gasteiger partial charge is 0.319 e. The first-order chi connectivity index (χ1) is 5.02. The number of hydrogen-bond acceptors (Lipinski definition) is 3. The van der Waals surface area contributed by atoms with Crippen LogP contribution in [0.2, 0.25) is 0 Å². The molecule has 0 radical (unpaired) electrons. The zero-order valence-corrected chi connectivity index (χ0v) is 6.85. The van der Waals surface area contributed by atoms with Gasteiger partial charge in [0.05, 0.1) is 5.41 Å². The Kier molecular flexibility index (Phi) is 1.98. The standard InChI is InChI=1S/C8H12O3/c1-8(2)5-3-4-6(9)11-7(8)10/h3-5H2,1-2H3. The molecule has 62 valence electrons. The van der Waals surface area contributed by atoms with Crippen LogP contribution >= 0.6 is 0 Å². The minimum Gasteiger partial charge on any atom is -0.393 e. The lowest BCUT2D eigenvalue weighted by atomic mass is 9.88. The van der Waals surface area contributed by atoms with Crippen LogP contribution in [0.5, 0.6) is 0 Å². The van der Waals surface area contributed by atoms with Gasteiger partial charge in [0.2, 0.25) is 0 Å². The topological polar surface area (TPSA) is 43.4 Å². The molecule has 3 nitrogen and oxygen atoms in total. The summed E-state index contributed by atoms with van der Waals surface area (Å²) in [6.07, 6.45) is 1.85. The summed E-state index contributed by atoms with van der Waals surface area (Å²) >= 11 is 0. The summed E-state index contributed by atoms with van der Waals surface area (Å²) in [5, 5.41) is 0. The van der Waals surface area contributed by atoms with Crippen LogP contribution in [0, 0.1) is 5.41 Å². The van der Waals surface area contributed by atoms with E-state index in [1.165, 1.54) is 0 Å². The van der Waals surface area contributed by atoms with Crippen LogP contribution in [-0.4, -0.2) is 11.9 Å². The summed E-state index contributed by atoms with van der Waals surface area (Å²) in [7, 11) is 0. The lowest BCUT2D eigenvalue weighted by Gasteiger charge is -2.17. The van der Waals surface area contributed by atoms with Crippen LogP contribution in [0.3, 0.4) is 0 Å². The van der Waals surface area contributed by atoms with E-state index in [-0.39, 0.29) is 11.9 Å². The summed E-state index contributed by atoms with van der Waals surface area (Å²) < 4.78 is 4.55. The molecule has 0 aromatic heterocycles. The van der Waals surface area contributed by atoms with E-state index in [0.717, 1.165) is 12.8 Å². The maximum atomic E-state index is 11.1. The Balaban J connectivity index is 2.73. The fraction of sp³-hybridized carbons (Fsp3) is 0.750. The van der Waals surface area contributed by atoms with Crippen LogP contribution in [-0.2, 0) is 14.3 Å².